The summed E-state index contributed by atoms with van der Waals surface area (Å²) in [7, 11) is -3.25. The second-order valence-electron chi connectivity index (χ2n) is 8.69. The first-order valence-electron chi connectivity index (χ1n) is 11.5. The lowest BCUT2D eigenvalue weighted by Gasteiger charge is -2.38. The first-order chi connectivity index (χ1) is 12.7. The molecule has 0 unspecified atom stereocenters. The van der Waals surface area contributed by atoms with E-state index in [2.05, 4.69) is 55.4 Å². The van der Waals surface area contributed by atoms with Crippen LogP contribution in [-0.2, 0) is 13.6 Å². The van der Waals surface area contributed by atoms with Crippen molar-refractivity contribution < 1.29 is 13.6 Å². The van der Waals surface area contributed by atoms with Crippen molar-refractivity contribution in [1.82, 2.24) is 0 Å². The summed E-state index contributed by atoms with van der Waals surface area (Å²) in [5.41, 5.74) is 0. The SMILES string of the molecule is CC[Si](CC)(CC)OC[C@H](C)C[C@H](C)[C@@H](O[Si](CC)(CC)CC)[C@@H](C)C=O. The number of carbonyl (C=O) groups is 1. The fourth-order valence-corrected chi connectivity index (χ4v) is 10.1. The Morgan fingerprint density at radius 3 is 1.59 bits per heavy atom. The van der Waals surface area contributed by atoms with Crippen LogP contribution in [0.2, 0.25) is 36.3 Å². The van der Waals surface area contributed by atoms with E-state index in [9.17, 15) is 4.79 Å². The van der Waals surface area contributed by atoms with Gasteiger partial charge >= 0.3 is 0 Å². The van der Waals surface area contributed by atoms with Gasteiger partial charge in [-0.1, -0.05) is 62.3 Å². The lowest BCUT2D eigenvalue weighted by Crippen LogP contribution is -2.45. The average Bonchev–Trinajstić information content (AvgIpc) is 2.70. The van der Waals surface area contributed by atoms with E-state index in [1.54, 1.807) is 0 Å². The van der Waals surface area contributed by atoms with Crippen LogP contribution in [0.25, 0.3) is 0 Å². The molecule has 0 rings (SSSR count). The number of rotatable bonds is 16. The van der Waals surface area contributed by atoms with Crippen LogP contribution in [0.4, 0.5) is 0 Å². The molecular weight excluding hydrogens is 368 g/mol. The molecule has 0 aromatic heterocycles. The highest BCUT2D eigenvalue weighted by molar-refractivity contribution is 6.74. The molecule has 0 N–H and O–H groups in total. The monoisotopic (exact) mass is 416 g/mol. The highest BCUT2D eigenvalue weighted by Crippen LogP contribution is 2.31. The zero-order valence-corrected chi connectivity index (χ0v) is 21.8. The van der Waals surface area contributed by atoms with Crippen LogP contribution >= 0.6 is 0 Å². The molecule has 0 aliphatic carbocycles. The van der Waals surface area contributed by atoms with Gasteiger partial charge in [0.25, 0.3) is 0 Å². The quantitative estimate of drug-likeness (QED) is 0.203. The van der Waals surface area contributed by atoms with E-state index in [1.165, 1.54) is 18.1 Å². The van der Waals surface area contributed by atoms with Crippen LogP contribution in [0.15, 0.2) is 0 Å². The maximum atomic E-state index is 11.6. The molecule has 3 nitrogen and oxygen atoms in total. The number of hydrogen-bond donors (Lipinski definition) is 0. The van der Waals surface area contributed by atoms with Crippen LogP contribution in [-0.4, -0.2) is 35.6 Å². The van der Waals surface area contributed by atoms with Crippen LogP contribution in [0.1, 0.15) is 68.7 Å². The van der Waals surface area contributed by atoms with Gasteiger partial charge in [0.05, 0.1) is 6.10 Å². The first kappa shape index (κ1) is 27.0. The predicted molar refractivity (Wildman–Crippen MR) is 123 cm³/mol. The highest BCUT2D eigenvalue weighted by atomic mass is 28.4. The summed E-state index contributed by atoms with van der Waals surface area (Å²) >= 11 is 0. The zero-order chi connectivity index (χ0) is 21.1. The Kier molecular flexibility index (Phi) is 13.3. The molecule has 162 valence electrons. The molecule has 27 heavy (non-hydrogen) atoms. The molecule has 0 aromatic rings. The highest BCUT2D eigenvalue weighted by Gasteiger charge is 2.37. The minimum Gasteiger partial charge on any atom is -0.417 e. The molecule has 0 bridgehead atoms. The average molecular weight is 417 g/mol. The van der Waals surface area contributed by atoms with Gasteiger partial charge in [0.1, 0.15) is 6.29 Å². The van der Waals surface area contributed by atoms with Gasteiger partial charge < -0.3 is 13.6 Å². The Morgan fingerprint density at radius 1 is 0.778 bits per heavy atom. The molecule has 0 amide bonds. The van der Waals surface area contributed by atoms with Crippen molar-refractivity contribution in [1.29, 1.82) is 0 Å². The van der Waals surface area contributed by atoms with Crippen molar-refractivity contribution in [3.63, 3.8) is 0 Å². The Balaban J connectivity index is 5.04. The third-order valence-corrected chi connectivity index (χ3v) is 16.3. The minimum atomic E-state index is -1.72. The molecule has 0 saturated carbocycles. The molecule has 0 heterocycles. The van der Waals surface area contributed by atoms with Crippen LogP contribution in [0, 0.1) is 17.8 Å². The largest absolute Gasteiger partial charge is 0.417 e. The molecular formula is C22H48O3Si2. The third-order valence-electron chi connectivity index (χ3n) is 6.99. The van der Waals surface area contributed by atoms with Gasteiger partial charge in [-0.2, -0.15) is 0 Å². The van der Waals surface area contributed by atoms with Crippen molar-refractivity contribution in [3.05, 3.63) is 0 Å². The van der Waals surface area contributed by atoms with E-state index < -0.39 is 16.6 Å². The van der Waals surface area contributed by atoms with E-state index in [0.29, 0.717) is 11.8 Å². The fourth-order valence-electron chi connectivity index (χ4n) is 4.32. The van der Waals surface area contributed by atoms with E-state index >= 15 is 0 Å². The fraction of sp³-hybridized carbons (Fsp3) is 0.955. The van der Waals surface area contributed by atoms with E-state index in [1.807, 2.05) is 6.92 Å². The van der Waals surface area contributed by atoms with Crippen LogP contribution < -0.4 is 0 Å². The van der Waals surface area contributed by atoms with E-state index in [0.717, 1.165) is 37.4 Å². The molecule has 0 spiro atoms. The van der Waals surface area contributed by atoms with Crippen molar-refractivity contribution >= 4 is 22.9 Å². The molecule has 0 aliphatic rings. The second kappa shape index (κ2) is 13.3. The van der Waals surface area contributed by atoms with Gasteiger partial charge in [0.15, 0.2) is 16.6 Å². The number of hydrogen-bond acceptors (Lipinski definition) is 3. The summed E-state index contributed by atoms with van der Waals surface area (Å²) in [5, 5.41) is 0. The van der Waals surface area contributed by atoms with Crippen molar-refractivity contribution in [2.24, 2.45) is 17.8 Å². The summed E-state index contributed by atoms with van der Waals surface area (Å²) in [6, 6.07) is 7.00. The summed E-state index contributed by atoms with van der Waals surface area (Å²) in [6.45, 7) is 21.1. The summed E-state index contributed by atoms with van der Waals surface area (Å²) in [4.78, 5) is 11.6. The van der Waals surface area contributed by atoms with Gasteiger partial charge in [-0.05, 0) is 54.5 Å². The molecule has 0 saturated heterocycles. The van der Waals surface area contributed by atoms with Crippen LogP contribution in [0.5, 0.6) is 0 Å². The van der Waals surface area contributed by atoms with Gasteiger partial charge in [-0.15, -0.1) is 0 Å². The normalized spacial score (nSPS) is 17.4. The lowest BCUT2D eigenvalue weighted by molar-refractivity contribution is -0.114. The van der Waals surface area contributed by atoms with Gasteiger partial charge in [0.2, 0.25) is 0 Å². The van der Waals surface area contributed by atoms with Gasteiger partial charge in [-0.3, -0.25) is 0 Å². The Bertz CT molecular complexity index is 378. The smallest absolute Gasteiger partial charge is 0.192 e. The Morgan fingerprint density at radius 2 is 1.22 bits per heavy atom. The maximum Gasteiger partial charge on any atom is 0.192 e. The Labute approximate surface area is 172 Å². The topological polar surface area (TPSA) is 35.5 Å². The molecule has 5 heteroatoms. The second-order valence-corrected chi connectivity index (χ2v) is 18.2. The number of aldehydes is 1. The Hall–Kier alpha value is 0.0238. The van der Waals surface area contributed by atoms with Crippen molar-refractivity contribution in [2.45, 2.75) is 111 Å². The van der Waals surface area contributed by atoms with Gasteiger partial charge in [0, 0.05) is 12.5 Å². The van der Waals surface area contributed by atoms with Crippen molar-refractivity contribution in [3.8, 4) is 0 Å². The zero-order valence-electron chi connectivity index (χ0n) is 19.8. The lowest BCUT2D eigenvalue weighted by atomic mass is 9.87. The van der Waals surface area contributed by atoms with Crippen molar-refractivity contribution in [2.75, 3.05) is 6.61 Å². The van der Waals surface area contributed by atoms with E-state index in [-0.39, 0.29) is 12.0 Å². The summed E-state index contributed by atoms with van der Waals surface area (Å²) in [5.74, 6) is 0.837. The van der Waals surface area contributed by atoms with Crippen LogP contribution in [0.3, 0.4) is 0 Å². The third kappa shape index (κ3) is 8.11. The number of carbonyl (C=O) groups excluding carboxylic acids is 1. The molecule has 0 aromatic carbocycles. The predicted octanol–water partition coefficient (Wildman–Crippen LogP) is 6.90. The molecule has 0 fully saturated rings. The van der Waals surface area contributed by atoms with Gasteiger partial charge in [-0.25, -0.2) is 0 Å². The molecule has 0 radical (unpaired) electrons. The minimum absolute atomic E-state index is 0.0416. The first-order valence-corrected chi connectivity index (χ1v) is 16.5. The molecule has 0 aliphatic heterocycles. The molecule has 4 atom stereocenters. The summed E-state index contributed by atoms with van der Waals surface area (Å²) < 4.78 is 13.3. The summed E-state index contributed by atoms with van der Waals surface area (Å²) in [6.07, 6.45) is 2.19. The standard InChI is InChI=1S/C22H48O3Si2/c1-10-26(11-2,12-3)24-18-19(7)16-20(8)22(21(9)17-23)25-27(13-4,14-5)15-6/h17,19-22H,10-16,18H2,1-9H3/t19-,20+,21+,22-/m1/s1. The maximum absolute atomic E-state index is 11.6. The van der Waals surface area contributed by atoms with E-state index in [4.69, 9.17) is 8.85 Å².